The SMILES string of the molecule is I[S+](c1ccccc1)c1ccccc1. The summed E-state index contributed by atoms with van der Waals surface area (Å²) < 4.78 is 0. The van der Waals surface area contributed by atoms with Gasteiger partial charge in [-0.05, 0) is 24.3 Å². The van der Waals surface area contributed by atoms with Crippen LogP contribution in [-0.4, -0.2) is 0 Å². The summed E-state index contributed by atoms with van der Waals surface area (Å²) in [6.07, 6.45) is 0. The summed E-state index contributed by atoms with van der Waals surface area (Å²) >= 11 is 2.50. The van der Waals surface area contributed by atoms with Crippen LogP contribution in [0.2, 0.25) is 0 Å². The zero-order chi connectivity index (χ0) is 9.80. The van der Waals surface area contributed by atoms with Gasteiger partial charge in [-0.25, -0.2) is 0 Å². The lowest BCUT2D eigenvalue weighted by Crippen LogP contribution is -1.92. The number of halogens is 1. The second kappa shape index (κ2) is 4.84. The largest absolute Gasteiger partial charge is 0.264 e. The van der Waals surface area contributed by atoms with Crippen molar-refractivity contribution in [1.82, 2.24) is 0 Å². The molecule has 2 aromatic carbocycles. The van der Waals surface area contributed by atoms with Crippen LogP contribution in [-0.2, 0) is 8.07 Å². The molecular weight excluding hydrogens is 303 g/mol. The molecule has 0 N–H and O–H groups in total. The summed E-state index contributed by atoms with van der Waals surface area (Å²) in [7, 11) is 0.173. The third kappa shape index (κ3) is 2.30. The molecule has 0 bridgehead atoms. The van der Waals surface area contributed by atoms with Crippen LogP contribution < -0.4 is 0 Å². The number of rotatable bonds is 2. The van der Waals surface area contributed by atoms with Crippen molar-refractivity contribution in [3.05, 3.63) is 60.7 Å². The van der Waals surface area contributed by atoms with E-state index in [0.717, 1.165) is 0 Å². The average molecular weight is 313 g/mol. The van der Waals surface area contributed by atoms with E-state index in [4.69, 9.17) is 0 Å². The highest BCUT2D eigenvalue weighted by molar-refractivity contribution is 14.2. The highest BCUT2D eigenvalue weighted by Gasteiger charge is 2.20. The first-order chi connectivity index (χ1) is 6.88. The minimum atomic E-state index is 0.173. The normalized spacial score (nSPS) is 10.4. The number of hydrogen-bond acceptors (Lipinski definition) is 0. The molecule has 14 heavy (non-hydrogen) atoms. The van der Waals surface area contributed by atoms with Crippen molar-refractivity contribution in [2.75, 3.05) is 0 Å². The molecule has 0 saturated heterocycles. The van der Waals surface area contributed by atoms with E-state index in [2.05, 4.69) is 81.9 Å². The third-order valence-corrected chi connectivity index (χ3v) is 6.32. The Bertz CT molecular complexity index is 346. The van der Waals surface area contributed by atoms with Gasteiger partial charge in [0.05, 0.1) is 0 Å². The van der Waals surface area contributed by atoms with E-state index in [1.165, 1.54) is 9.79 Å². The standard InChI is InChI=1S/C12H10IS/c13-14(11-7-3-1-4-8-11)12-9-5-2-6-10-12/h1-10H/q+1. The van der Waals surface area contributed by atoms with E-state index in [1.807, 2.05) is 0 Å². The summed E-state index contributed by atoms with van der Waals surface area (Å²) in [4.78, 5) is 2.78. The van der Waals surface area contributed by atoms with Gasteiger partial charge in [-0.3, -0.25) is 0 Å². The van der Waals surface area contributed by atoms with Crippen molar-refractivity contribution in [2.24, 2.45) is 0 Å². The minimum Gasteiger partial charge on any atom is -0.0619 e. The van der Waals surface area contributed by atoms with Crippen molar-refractivity contribution in [1.29, 1.82) is 0 Å². The van der Waals surface area contributed by atoms with Gasteiger partial charge in [0, 0.05) is 0 Å². The molecular formula is C12H10IS+. The first-order valence-corrected chi connectivity index (χ1v) is 8.15. The topological polar surface area (TPSA) is 0 Å². The van der Waals surface area contributed by atoms with Crippen molar-refractivity contribution in [3.8, 4) is 0 Å². The molecule has 0 aliphatic rings. The molecule has 2 rings (SSSR count). The Kier molecular flexibility index (Phi) is 3.48. The van der Waals surface area contributed by atoms with E-state index in [0.29, 0.717) is 0 Å². The highest BCUT2D eigenvalue weighted by Crippen LogP contribution is 2.28. The Morgan fingerprint density at radius 2 is 1.00 bits per heavy atom. The first kappa shape index (κ1) is 10.1. The van der Waals surface area contributed by atoms with Gasteiger partial charge in [0.25, 0.3) is 21.2 Å². The molecule has 2 aromatic rings. The molecule has 0 radical (unpaired) electrons. The van der Waals surface area contributed by atoms with Crippen molar-refractivity contribution >= 4 is 29.3 Å². The van der Waals surface area contributed by atoms with Crippen LogP contribution in [0.3, 0.4) is 0 Å². The molecule has 0 atom stereocenters. The molecule has 2 heteroatoms. The average Bonchev–Trinajstić information content (AvgIpc) is 2.30. The van der Waals surface area contributed by atoms with Crippen LogP contribution >= 0.6 is 21.2 Å². The Balaban J connectivity index is 2.30. The van der Waals surface area contributed by atoms with Crippen LogP contribution in [0.15, 0.2) is 70.5 Å². The smallest absolute Gasteiger partial charge is 0.0619 e. The van der Waals surface area contributed by atoms with E-state index >= 15 is 0 Å². The quantitative estimate of drug-likeness (QED) is 0.579. The number of benzene rings is 2. The second-order valence-corrected chi connectivity index (χ2v) is 6.98. The Hall–Kier alpha value is -0.480. The van der Waals surface area contributed by atoms with E-state index in [-0.39, 0.29) is 8.07 Å². The summed E-state index contributed by atoms with van der Waals surface area (Å²) in [6.45, 7) is 0. The minimum absolute atomic E-state index is 0.173. The molecule has 0 aliphatic carbocycles. The van der Waals surface area contributed by atoms with Gasteiger partial charge in [0.15, 0.2) is 9.79 Å². The predicted molar refractivity (Wildman–Crippen MR) is 70.8 cm³/mol. The van der Waals surface area contributed by atoms with Crippen LogP contribution in [0, 0.1) is 0 Å². The van der Waals surface area contributed by atoms with Crippen molar-refractivity contribution < 1.29 is 0 Å². The van der Waals surface area contributed by atoms with Crippen molar-refractivity contribution in [2.45, 2.75) is 9.79 Å². The van der Waals surface area contributed by atoms with Gasteiger partial charge in [0.2, 0.25) is 0 Å². The summed E-state index contributed by atoms with van der Waals surface area (Å²) in [5, 5.41) is 0. The Morgan fingerprint density at radius 3 is 1.36 bits per heavy atom. The van der Waals surface area contributed by atoms with E-state index < -0.39 is 0 Å². The van der Waals surface area contributed by atoms with Crippen molar-refractivity contribution in [3.63, 3.8) is 0 Å². The second-order valence-electron chi connectivity index (χ2n) is 2.88. The lowest BCUT2D eigenvalue weighted by Gasteiger charge is -1.97. The maximum absolute atomic E-state index is 2.50. The van der Waals surface area contributed by atoms with Gasteiger partial charge in [0.1, 0.15) is 8.07 Å². The molecule has 0 aromatic heterocycles. The fourth-order valence-corrected chi connectivity index (χ4v) is 4.04. The number of hydrogen-bond donors (Lipinski definition) is 0. The molecule has 0 spiro atoms. The summed E-state index contributed by atoms with van der Waals surface area (Å²) in [6, 6.07) is 21.2. The fraction of sp³-hybridized carbons (Fsp3) is 0. The van der Waals surface area contributed by atoms with Gasteiger partial charge >= 0.3 is 0 Å². The highest BCUT2D eigenvalue weighted by atomic mass is 127. The maximum atomic E-state index is 2.50. The fourth-order valence-electron chi connectivity index (χ4n) is 1.22. The van der Waals surface area contributed by atoms with Gasteiger partial charge in [-0.15, -0.1) is 0 Å². The summed E-state index contributed by atoms with van der Waals surface area (Å²) in [5.74, 6) is 0. The monoisotopic (exact) mass is 313 g/mol. The Morgan fingerprint density at radius 1 is 0.643 bits per heavy atom. The van der Waals surface area contributed by atoms with Gasteiger partial charge < -0.3 is 0 Å². The van der Waals surface area contributed by atoms with Crippen LogP contribution in [0.5, 0.6) is 0 Å². The molecule has 0 unspecified atom stereocenters. The molecule has 0 nitrogen and oxygen atoms in total. The van der Waals surface area contributed by atoms with Crippen LogP contribution in [0.25, 0.3) is 0 Å². The predicted octanol–water partition coefficient (Wildman–Crippen LogP) is 4.07. The maximum Gasteiger partial charge on any atom is 0.264 e. The molecule has 0 saturated carbocycles. The molecule has 0 fully saturated rings. The van der Waals surface area contributed by atoms with Gasteiger partial charge in [-0.1, -0.05) is 36.4 Å². The van der Waals surface area contributed by atoms with E-state index in [1.54, 1.807) is 0 Å². The lowest BCUT2D eigenvalue weighted by atomic mass is 10.4. The third-order valence-electron chi connectivity index (χ3n) is 1.90. The first-order valence-electron chi connectivity index (χ1n) is 4.38. The molecule has 0 amide bonds. The summed E-state index contributed by atoms with van der Waals surface area (Å²) in [5.41, 5.74) is 0. The van der Waals surface area contributed by atoms with Gasteiger partial charge in [-0.2, -0.15) is 0 Å². The van der Waals surface area contributed by atoms with Crippen LogP contribution in [0.1, 0.15) is 0 Å². The zero-order valence-corrected chi connectivity index (χ0v) is 10.5. The molecule has 0 heterocycles. The lowest BCUT2D eigenvalue weighted by molar-refractivity contribution is 1.40. The molecule has 70 valence electrons. The van der Waals surface area contributed by atoms with Crippen LogP contribution in [0.4, 0.5) is 0 Å². The zero-order valence-electron chi connectivity index (χ0n) is 7.56. The Labute approximate surface area is 99.3 Å². The molecule has 0 aliphatic heterocycles. The van der Waals surface area contributed by atoms with E-state index in [9.17, 15) is 0 Å².